The van der Waals surface area contributed by atoms with Gasteiger partial charge < -0.3 is 0 Å². The summed E-state index contributed by atoms with van der Waals surface area (Å²) in [6.45, 7) is 6.98. The summed E-state index contributed by atoms with van der Waals surface area (Å²) in [4.78, 5) is 0. The fraction of sp³-hybridized carbons (Fsp3) is 0.727. The molecule has 0 spiro atoms. The summed E-state index contributed by atoms with van der Waals surface area (Å²) in [5.74, 6) is 0. The largest absolute Gasteiger partial charge is 0.0654 e. The number of hydrogen-bond acceptors (Lipinski definition) is 0. The summed E-state index contributed by atoms with van der Waals surface area (Å²) in [6.07, 6.45) is 16.5. The highest BCUT2D eigenvalue weighted by atomic mass is 14.3. The van der Waals surface area contributed by atoms with Crippen LogP contribution in [0.25, 0.3) is 0 Å². The van der Waals surface area contributed by atoms with Gasteiger partial charge in [-0.3, -0.25) is 0 Å². The molecule has 0 aromatic heterocycles. The van der Waals surface area contributed by atoms with Crippen LogP contribution in [0.3, 0.4) is 0 Å². The van der Waals surface area contributed by atoms with Crippen LogP contribution >= 0.6 is 0 Å². The Labute approximate surface area is 139 Å². The first kappa shape index (κ1) is 19.3. The molecule has 0 aliphatic rings. The van der Waals surface area contributed by atoms with E-state index in [0.717, 1.165) is 0 Å². The van der Waals surface area contributed by atoms with Crippen LogP contribution in [0.4, 0.5) is 0 Å². The summed E-state index contributed by atoms with van der Waals surface area (Å²) in [7, 11) is 0. The van der Waals surface area contributed by atoms with E-state index in [2.05, 4.69) is 51.1 Å². The van der Waals surface area contributed by atoms with Gasteiger partial charge in [-0.15, -0.1) is 0 Å². The van der Waals surface area contributed by atoms with E-state index in [1.54, 1.807) is 0 Å². The van der Waals surface area contributed by atoms with Crippen molar-refractivity contribution in [3.63, 3.8) is 0 Å². The molecule has 0 aliphatic heterocycles. The predicted octanol–water partition coefficient (Wildman–Crippen LogP) is 7.47. The maximum Gasteiger partial charge on any atom is -0.00461 e. The van der Waals surface area contributed by atoms with Gasteiger partial charge in [0.25, 0.3) is 0 Å². The topological polar surface area (TPSA) is 0 Å². The van der Waals surface area contributed by atoms with Gasteiger partial charge in [0.2, 0.25) is 0 Å². The van der Waals surface area contributed by atoms with Gasteiger partial charge in [-0.05, 0) is 36.3 Å². The minimum atomic E-state index is 0.363. The lowest BCUT2D eigenvalue weighted by Gasteiger charge is -2.32. The summed E-state index contributed by atoms with van der Waals surface area (Å²) in [5, 5.41) is 0. The van der Waals surface area contributed by atoms with Crippen molar-refractivity contribution >= 4 is 0 Å². The fourth-order valence-corrected chi connectivity index (χ4v) is 3.62. The van der Waals surface area contributed by atoms with Gasteiger partial charge in [0.1, 0.15) is 0 Å². The summed E-state index contributed by atoms with van der Waals surface area (Å²) in [5.41, 5.74) is 1.79. The molecule has 0 saturated carbocycles. The van der Waals surface area contributed by atoms with Crippen LogP contribution in [0.1, 0.15) is 103 Å². The van der Waals surface area contributed by atoms with E-state index in [1.807, 2.05) is 0 Å². The van der Waals surface area contributed by atoms with E-state index in [1.165, 1.54) is 82.6 Å². The van der Waals surface area contributed by atoms with Gasteiger partial charge in [0, 0.05) is 0 Å². The van der Waals surface area contributed by atoms with Gasteiger partial charge in [-0.2, -0.15) is 0 Å². The summed E-state index contributed by atoms with van der Waals surface area (Å²) >= 11 is 0. The molecular weight excluding hydrogens is 264 g/mol. The highest BCUT2D eigenvalue weighted by molar-refractivity contribution is 5.23. The molecule has 125 valence electrons. The lowest BCUT2D eigenvalue weighted by Crippen LogP contribution is -2.24. The number of rotatable bonds is 13. The van der Waals surface area contributed by atoms with Crippen LogP contribution in [0, 0.1) is 6.07 Å². The lowest BCUT2D eigenvalue weighted by atomic mass is 9.72. The highest BCUT2D eigenvalue weighted by Gasteiger charge is 2.27. The van der Waals surface area contributed by atoms with Crippen molar-refractivity contribution in [2.24, 2.45) is 0 Å². The molecule has 1 aromatic rings. The van der Waals surface area contributed by atoms with Crippen molar-refractivity contribution in [3.05, 3.63) is 35.9 Å². The first-order chi connectivity index (χ1) is 10.8. The van der Waals surface area contributed by atoms with Crippen LogP contribution < -0.4 is 0 Å². The van der Waals surface area contributed by atoms with Crippen molar-refractivity contribution in [3.8, 4) is 0 Å². The van der Waals surface area contributed by atoms with Crippen LogP contribution in [0.15, 0.2) is 24.3 Å². The molecule has 0 atom stereocenters. The molecule has 0 bridgehead atoms. The van der Waals surface area contributed by atoms with Crippen molar-refractivity contribution in [1.29, 1.82) is 0 Å². The van der Waals surface area contributed by atoms with E-state index < -0.39 is 0 Å². The Morgan fingerprint density at radius 3 is 1.86 bits per heavy atom. The predicted molar refractivity (Wildman–Crippen MR) is 99.4 cm³/mol. The van der Waals surface area contributed by atoms with E-state index in [0.29, 0.717) is 5.41 Å². The number of unbranched alkanes of at least 4 members (excludes halogenated alkanes) is 8. The average Bonchev–Trinajstić information content (AvgIpc) is 2.58. The maximum absolute atomic E-state index is 3.49. The molecule has 0 unspecified atom stereocenters. The standard InChI is InChI=1S/C22H37/c1-4-7-8-9-10-11-12-13-17-20-22(5-2,6-3)21-18-15-14-16-19-21/h14-16,18H,4-13,17,20H2,1-3H3. The second kappa shape index (κ2) is 11.7. The monoisotopic (exact) mass is 301 g/mol. The van der Waals surface area contributed by atoms with E-state index >= 15 is 0 Å². The van der Waals surface area contributed by atoms with Crippen LogP contribution in [0.2, 0.25) is 0 Å². The molecular formula is C22H37. The Bertz CT molecular complexity index is 348. The van der Waals surface area contributed by atoms with Gasteiger partial charge in [0.05, 0.1) is 0 Å². The molecule has 0 heterocycles. The smallest absolute Gasteiger partial charge is 0.00461 e. The number of hydrogen-bond donors (Lipinski definition) is 0. The zero-order valence-electron chi connectivity index (χ0n) is 15.3. The molecule has 0 aliphatic carbocycles. The first-order valence-corrected chi connectivity index (χ1v) is 9.76. The molecule has 0 fully saturated rings. The van der Waals surface area contributed by atoms with E-state index in [9.17, 15) is 0 Å². The maximum atomic E-state index is 3.49. The third kappa shape index (κ3) is 6.55. The Kier molecular flexibility index (Phi) is 10.3. The van der Waals surface area contributed by atoms with Gasteiger partial charge in [-0.25, -0.2) is 0 Å². The normalized spacial score (nSPS) is 11.8. The van der Waals surface area contributed by atoms with Crippen LogP contribution in [0.5, 0.6) is 0 Å². The fourth-order valence-electron chi connectivity index (χ4n) is 3.62. The van der Waals surface area contributed by atoms with Crippen LogP contribution in [-0.2, 0) is 5.41 Å². The molecule has 1 rings (SSSR count). The Morgan fingerprint density at radius 2 is 1.36 bits per heavy atom. The molecule has 0 nitrogen and oxygen atoms in total. The minimum absolute atomic E-state index is 0.363. The SMILES string of the molecule is CCCCCCCCCCCC(CC)(CC)c1[c]cccc1. The average molecular weight is 302 g/mol. The third-order valence-electron chi connectivity index (χ3n) is 5.39. The van der Waals surface area contributed by atoms with E-state index in [4.69, 9.17) is 0 Å². The molecule has 0 saturated heterocycles. The molecule has 0 amide bonds. The van der Waals surface area contributed by atoms with Crippen molar-refractivity contribution in [1.82, 2.24) is 0 Å². The van der Waals surface area contributed by atoms with Gasteiger partial charge >= 0.3 is 0 Å². The highest BCUT2D eigenvalue weighted by Crippen LogP contribution is 2.36. The Balaban J connectivity index is 2.25. The minimum Gasteiger partial charge on any atom is -0.0654 e. The summed E-state index contributed by atoms with van der Waals surface area (Å²) < 4.78 is 0. The quantitative estimate of drug-likeness (QED) is 0.331. The molecule has 22 heavy (non-hydrogen) atoms. The van der Waals surface area contributed by atoms with E-state index in [-0.39, 0.29) is 0 Å². The first-order valence-electron chi connectivity index (χ1n) is 9.76. The third-order valence-corrected chi connectivity index (χ3v) is 5.39. The Hall–Kier alpha value is -0.780. The second-order valence-electron chi connectivity index (χ2n) is 6.84. The van der Waals surface area contributed by atoms with Gasteiger partial charge in [0.15, 0.2) is 0 Å². The van der Waals surface area contributed by atoms with Crippen LogP contribution in [-0.4, -0.2) is 0 Å². The molecule has 0 N–H and O–H groups in total. The zero-order valence-corrected chi connectivity index (χ0v) is 15.3. The lowest BCUT2D eigenvalue weighted by molar-refractivity contribution is 0.347. The molecule has 1 radical (unpaired) electrons. The van der Waals surface area contributed by atoms with Crippen molar-refractivity contribution in [2.45, 2.75) is 103 Å². The molecule has 0 heteroatoms. The second-order valence-corrected chi connectivity index (χ2v) is 6.84. The van der Waals surface area contributed by atoms with Gasteiger partial charge in [-0.1, -0.05) is 103 Å². The summed E-state index contributed by atoms with van der Waals surface area (Å²) in [6, 6.07) is 12.1. The zero-order chi connectivity index (χ0) is 16.1. The molecule has 1 aromatic carbocycles. The van der Waals surface area contributed by atoms with Crippen molar-refractivity contribution in [2.75, 3.05) is 0 Å². The Morgan fingerprint density at radius 1 is 0.773 bits per heavy atom. The van der Waals surface area contributed by atoms with Crippen molar-refractivity contribution < 1.29 is 0 Å². The number of benzene rings is 1.